The molecule has 0 unspecified atom stereocenters. The summed E-state index contributed by atoms with van der Waals surface area (Å²) in [5, 5.41) is 41.7. The molecule has 0 N–H and O–H groups in total. The quantitative estimate of drug-likeness (QED) is 0.388. The van der Waals surface area contributed by atoms with E-state index in [1.165, 1.54) is 24.3 Å². The summed E-state index contributed by atoms with van der Waals surface area (Å²) in [5.41, 5.74) is 1.08. The second-order valence-corrected chi connectivity index (χ2v) is 6.99. The summed E-state index contributed by atoms with van der Waals surface area (Å²) in [4.78, 5) is 24.7. The van der Waals surface area contributed by atoms with E-state index in [9.17, 15) is 20.2 Å². The molecule has 0 aromatic heterocycles. The lowest BCUT2D eigenvalue weighted by atomic mass is 10.3. The molecule has 0 spiro atoms. The Balaban J connectivity index is 1.32. The van der Waals surface area contributed by atoms with E-state index < -0.39 is 9.85 Å². The maximum atomic E-state index is 10.7. The van der Waals surface area contributed by atoms with Crippen LogP contribution in [-0.4, -0.2) is 63.0 Å². The highest BCUT2D eigenvalue weighted by Gasteiger charge is 2.30. The maximum Gasteiger partial charge on any atom is 0.269 e. The molecule has 2 bridgehead atoms. The first-order chi connectivity index (χ1) is 15.0. The van der Waals surface area contributed by atoms with Crippen molar-refractivity contribution in [1.29, 1.82) is 0 Å². The summed E-state index contributed by atoms with van der Waals surface area (Å²) in [6.45, 7) is 2.91. The zero-order valence-electron chi connectivity index (χ0n) is 16.3. The van der Waals surface area contributed by atoms with Crippen LogP contribution >= 0.6 is 0 Å². The molecule has 2 fully saturated rings. The first-order valence-corrected chi connectivity index (χ1v) is 9.23. The Morgan fingerprint density at radius 1 is 0.613 bits per heavy atom. The lowest BCUT2D eigenvalue weighted by Gasteiger charge is -2.46. The topological polar surface area (TPSA) is 149 Å². The van der Waals surface area contributed by atoms with Crippen LogP contribution in [-0.2, 0) is 0 Å². The molecule has 2 saturated heterocycles. The van der Waals surface area contributed by atoms with E-state index >= 15 is 0 Å². The molecule has 4 rings (SSSR count). The fraction of sp³-hybridized carbons (Fsp3) is 0.294. The summed E-state index contributed by atoms with van der Waals surface area (Å²) < 4.78 is 0. The molecule has 14 nitrogen and oxygen atoms in total. The van der Waals surface area contributed by atoms with Gasteiger partial charge < -0.3 is 0 Å². The van der Waals surface area contributed by atoms with Crippen LogP contribution in [0.3, 0.4) is 0 Å². The molecule has 2 aliphatic heterocycles. The monoisotopic (exact) mass is 426 g/mol. The molecule has 0 radical (unpaired) electrons. The average molecular weight is 426 g/mol. The number of nitrogens with zero attached hydrogens (tertiary/aromatic N) is 10. The summed E-state index contributed by atoms with van der Waals surface area (Å²) in [6.07, 6.45) is 0. The number of rotatable bonds is 6. The van der Waals surface area contributed by atoms with Gasteiger partial charge in [-0.1, -0.05) is 10.4 Å². The van der Waals surface area contributed by atoms with Gasteiger partial charge in [-0.15, -0.1) is 10.2 Å². The van der Waals surface area contributed by atoms with Crippen molar-refractivity contribution in [1.82, 2.24) is 19.8 Å². The Morgan fingerprint density at radius 3 is 1.29 bits per heavy atom. The smallest absolute Gasteiger partial charge is 0.258 e. The van der Waals surface area contributed by atoms with Gasteiger partial charge >= 0.3 is 0 Å². The molecule has 2 aromatic carbocycles. The van der Waals surface area contributed by atoms with Crippen molar-refractivity contribution in [3.05, 3.63) is 68.8 Å². The van der Waals surface area contributed by atoms with Gasteiger partial charge in [0.25, 0.3) is 11.4 Å². The summed E-state index contributed by atoms with van der Waals surface area (Å²) in [5.74, 6) is 0. The van der Waals surface area contributed by atoms with Gasteiger partial charge in [0, 0.05) is 24.3 Å². The zero-order chi connectivity index (χ0) is 21.8. The minimum absolute atomic E-state index is 0.00617. The van der Waals surface area contributed by atoms with Crippen LogP contribution in [0.5, 0.6) is 0 Å². The van der Waals surface area contributed by atoms with Crippen molar-refractivity contribution in [2.24, 2.45) is 20.7 Å². The Morgan fingerprint density at radius 2 is 0.968 bits per heavy atom. The molecule has 31 heavy (non-hydrogen) atoms. The molecule has 2 aliphatic rings. The van der Waals surface area contributed by atoms with Crippen LogP contribution in [0.15, 0.2) is 69.2 Å². The highest BCUT2D eigenvalue weighted by atomic mass is 16.6. The van der Waals surface area contributed by atoms with Gasteiger partial charge in [0.05, 0.1) is 54.6 Å². The van der Waals surface area contributed by atoms with E-state index in [0.29, 0.717) is 38.0 Å². The standard InChI is InChI=1S/C17H18N10O4/c28-26(29)16-5-1-14(2-6-16)18-20-24-10-22-9-23(11-24)13-25(12-22)21-19-15-3-7-17(8-4-15)27(30)31/h1-8H,9-13H2. The van der Waals surface area contributed by atoms with Crippen molar-refractivity contribution in [3.8, 4) is 0 Å². The first-order valence-electron chi connectivity index (χ1n) is 9.23. The number of fused-ring (bicyclic) bond motifs is 2. The van der Waals surface area contributed by atoms with Gasteiger partial charge in [-0.2, -0.15) is 0 Å². The zero-order valence-corrected chi connectivity index (χ0v) is 16.3. The van der Waals surface area contributed by atoms with E-state index in [1.54, 1.807) is 34.3 Å². The van der Waals surface area contributed by atoms with Crippen molar-refractivity contribution in [3.63, 3.8) is 0 Å². The van der Waals surface area contributed by atoms with Crippen LogP contribution in [0.2, 0.25) is 0 Å². The average Bonchev–Trinajstić information content (AvgIpc) is 2.76. The number of hydrogen-bond acceptors (Lipinski definition) is 10. The van der Waals surface area contributed by atoms with Gasteiger partial charge in [0.2, 0.25) is 0 Å². The summed E-state index contributed by atoms with van der Waals surface area (Å²) in [6, 6.07) is 11.8. The van der Waals surface area contributed by atoms with Crippen LogP contribution < -0.4 is 0 Å². The number of non-ortho nitro benzene ring substituents is 2. The first kappa shape index (κ1) is 20.2. The molecular formula is C17H18N10O4. The molecule has 160 valence electrons. The third-order valence-corrected chi connectivity index (χ3v) is 4.55. The Labute approximate surface area is 175 Å². The SMILES string of the molecule is O=[N+]([O-])c1ccc(N=NN2CN3CN(C2)CN(N=Nc2ccc([N+](=O)[O-])cc2)C3)cc1. The van der Waals surface area contributed by atoms with E-state index in [4.69, 9.17) is 0 Å². The molecule has 2 heterocycles. The van der Waals surface area contributed by atoms with Crippen molar-refractivity contribution in [2.75, 3.05) is 33.3 Å². The van der Waals surface area contributed by atoms with E-state index in [1.807, 2.05) is 0 Å². The number of hydrogen-bond donors (Lipinski definition) is 0. The van der Waals surface area contributed by atoms with Crippen molar-refractivity contribution < 1.29 is 9.85 Å². The lowest BCUT2D eigenvalue weighted by molar-refractivity contribution is -0.385. The fourth-order valence-electron chi connectivity index (χ4n) is 3.19. The minimum atomic E-state index is -0.460. The number of benzene rings is 2. The molecule has 0 saturated carbocycles. The Kier molecular flexibility index (Phi) is 5.72. The Bertz CT molecular complexity index is 917. The van der Waals surface area contributed by atoms with Crippen LogP contribution in [0, 0.1) is 20.2 Å². The van der Waals surface area contributed by atoms with Gasteiger partial charge in [0.15, 0.2) is 0 Å². The van der Waals surface area contributed by atoms with Gasteiger partial charge in [-0.05, 0) is 24.3 Å². The van der Waals surface area contributed by atoms with E-state index in [0.717, 1.165) is 6.67 Å². The highest BCUT2D eigenvalue weighted by molar-refractivity contribution is 5.44. The largest absolute Gasteiger partial charge is 0.269 e. The molecule has 0 atom stereocenters. The highest BCUT2D eigenvalue weighted by Crippen LogP contribution is 2.22. The third-order valence-electron chi connectivity index (χ3n) is 4.55. The predicted octanol–water partition coefficient (Wildman–Crippen LogP) is 3.22. The fourth-order valence-corrected chi connectivity index (χ4v) is 3.19. The lowest BCUT2D eigenvalue weighted by Crippen LogP contribution is -2.61. The van der Waals surface area contributed by atoms with Gasteiger partial charge in [-0.25, -0.2) is 10.0 Å². The summed E-state index contributed by atoms with van der Waals surface area (Å²) >= 11 is 0. The predicted molar refractivity (Wildman–Crippen MR) is 107 cm³/mol. The van der Waals surface area contributed by atoms with Gasteiger partial charge in [-0.3, -0.25) is 30.0 Å². The number of nitro groups is 2. The minimum Gasteiger partial charge on any atom is -0.258 e. The van der Waals surface area contributed by atoms with E-state index in [-0.39, 0.29) is 11.4 Å². The second kappa shape index (κ2) is 8.76. The van der Waals surface area contributed by atoms with Crippen LogP contribution in [0.1, 0.15) is 0 Å². The molecule has 0 aliphatic carbocycles. The maximum absolute atomic E-state index is 10.7. The molecule has 0 amide bonds. The number of nitro benzene ring substituents is 2. The van der Waals surface area contributed by atoms with Crippen molar-refractivity contribution >= 4 is 22.7 Å². The second-order valence-electron chi connectivity index (χ2n) is 6.99. The Hall–Kier alpha value is -4.04. The van der Waals surface area contributed by atoms with Crippen molar-refractivity contribution in [2.45, 2.75) is 0 Å². The molecule has 14 heteroatoms. The van der Waals surface area contributed by atoms with Gasteiger partial charge in [0.1, 0.15) is 0 Å². The summed E-state index contributed by atoms with van der Waals surface area (Å²) in [7, 11) is 0. The molecular weight excluding hydrogens is 408 g/mol. The normalized spacial score (nSPS) is 21.0. The third kappa shape index (κ3) is 5.12. The van der Waals surface area contributed by atoms with Crippen LogP contribution in [0.4, 0.5) is 22.7 Å². The van der Waals surface area contributed by atoms with Crippen LogP contribution in [0.25, 0.3) is 0 Å². The van der Waals surface area contributed by atoms with E-state index in [2.05, 4.69) is 30.5 Å². The molecule has 2 aromatic rings.